The van der Waals surface area contributed by atoms with E-state index in [9.17, 15) is 19.8 Å². The molecule has 2 atom stereocenters. The number of carbonyl (C=O) groups excluding carboxylic acids is 2. The minimum Gasteiger partial charge on any atom is -0.507 e. The van der Waals surface area contributed by atoms with Crippen LogP contribution in [-0.2, 0) is 16.0 Å². The van der Waals surface area contributed by atoms with Crippen molar-refractivity contribution in [3.8, 4) is 17.2 Å². The van der Waals surface area contributed by atoms with Crippen LogP contribution >= 0.6 is 22.9 Å². The van der Waals surface area contributed by atoms with Crippen molar-refractivity contribution >= 4 is 55.7 Å². The Morgan fingerprint density at radius 1 is 1.18 bits per heavy atom. The lowest BCUT2D eigenvalue weighted by molar-refractivity contribution is -0.132. The predicted molar refractivity (Wildman–Crippen MR) is 149 cm³/mol. The third-order valence-corrected chi connectivity index (χ3v) is 8.01. The zero-order valence-corrected chi connectivity index (χ0v) is 22.5. The van der Waals surface area contributed by atoms with Crippen molar-refractivity contribution in [1.82, 2.24) is 4.98 Å². The molecular weight excluding hydrogens is 540 g/mol. The van der Waals surface area contributed by atoms with Gasteiger partial charge >= 0.3 is 5.91 Å². The van der Waals surface area contributed by atoms with Gasteiger partial charge in [-0.05, 0) is 73.5 Å². The number of Topliss-reactive ketones (excluding diaryl/α,β-unsaturated/α-hetero) is 1. The molecule has 3 heterocycles. The number of benzene rings is 3. The maximum atomic E-state index is 13.6. The molecule has 0 bridgehead atoms. The third kappa shape index (κ3) is 4.27. The molecule has 1 amide bonds. The van der Waals surface area contributed by atoms with E-state index in [0.717, 1.165) is 16.0 Å². The summed E-state index contributed by atoms with van der Waals surface area (Å²) in [7, 11) is 0. The number of ether oxygens (including phenoxy) is 2. The number of nitrogens with zero attached hydrogens (tertiary/aromatic N) is 2. The fourth-order valence-electron chi connectivity index (χ4n) is 5.03. The lowest BCUT2D eigenvalue weighted by Gasteiger charge is -2.23. The number of ketones is 1. The van der Waals surface area contributed by atoms with Gasteiger partial charge in [-0.1, -0.05) is 29.0 Å². The van der Waals surface area contributed by atoms with Crippen LogP contribution in [0.2, 0.25) is 5.02 Å². The number of rotatable bonds is 5. The third-order valence-electron chi connectivity index (χ3n) is 6.76. The Hall–Kier alpha value is -4.08. The van der Waals surface area contributed by atoms with Gasteiger partial charge in [-0.3, -0.25) is 14.5 Å². The van der Waals surface area contributed by atoms with Gasteiger partial charge in [0, 0.05) is 17.0 Å². The molecule has 198 valence electrons. The molecule has 6 rings (SSSR count). The second-order valence-electron chi connectivity index (χ2n) is 9.39. The second-order valence-corrected chi connectivity index (χ2v) is 10.8. The monoisotopic (exact) mass is 562 g/mol. The summed E-state index contributed by atoms with van der Waals surface area (Å²) in [5, 5.41) is 22.6. The van der Waals surface area contributed by atoms with Crippen LogP contribution in [0.5, 0.6) is 17.2 Å². The summed E-state index contributed by atoms with van der Waals surface area (Å²) >= 11 is 7.38. The molecular formula is C29H23ClN2O6S. The van der Waals surface area contributed by atoms with E-state index < -0.39 is 17.7 Å². The van der Waals surface area contributed by atoms with E-state index in [4.69, 9.17) is 21.1 Å². The Balaban J connectivity index is 1.55. The van der Waals surface area contributed by atoms with Crippen LogP contribution in [0, 0.1) is 0 Å². The van der Waals surface area contributed by atoms with Crippen molar-refractivity contribution in [3.05, 3.63) is 81.9 Å². The van der Waals surface area contributed by atoms with E-state index in [2.05, 4.69) is 4.98 Å². The summed E-state index contributed by atoms with van der Waals surface area (Å²) in [6.45, 7) is 4.03. The summed E-state index contributed by atoms with van der Waals surface area (Å²) in [5.41, 5.74) is 2.30. The Labute approximate surface area is 232 Å². The second kappa shape index (κ2) is 9.59. The van der Waals surface area contributed by atoms with E-state index in [0.29, 0.717) is 34.7 Å². The molecule has 2 unspecified atom stereocenters. The number of halogens is 1. The number of aromatic nitrogens is 1. The van der Waals surface area contributed by atoms with E-state index in [-0.39, 0.29) is 34.1 Å². The van der Waals surface area contributed by atoms with E-state index in [1.165, 1.54) is 22.3 Å². The summed E-state index contributed by atoms with van der Waals surface area (Å²) in [5.74, 6) is -1.13. The number of hydrogen-bond acceptors (Lipinski definition) is 8. The molecule has 0 saturated carbocycles. The van der Waals surface area contributed by atoms with Gasteiger partial charge in [0.2, 0.25) is 0 Å². The van der Waals surface area contributed by atoms with Gasteiger partial charge in [-0.2, -0.15) is 0 Å². The Morgan fingerprint density at radius 2 is 2.00 bits per heavy atom. The number of thiazole rings is 1. The molecule has 39 heavy (non-hydrogen) atoms. The summed E-state index contributed by atoms with van der Waals surface area (Å²) in [4.78, 5) is 33.0. The van der Waals surface area contributed by atoms with Crippen LogP contribution < -0.4 is 14.4 Å². The number of anilines is 1. The Morgan fingerprint density at radius 3 is 2.79 bits per heavy atom. The first-order valence-electron chi connectivity index (χ1n) is 12.4. The number of carbonyl (C=O) groups is 2. The normalized spacial score (nSPS) is 19.9. The number of fused-ring (bicyclic) bond motifs is 2. The fourth-order valence-corrected chi connectivity index (χ4v) is 6.30. The molecule has 2 N–H and O–H groups in total. The highest BCUT2D eigenvalue weighted by Crippen LogP contribution is 2.46. The quantitative estimate of drug-likeness (QED) is 0.174. The lowest BCUT2D eigenvalue weighted by atomic mass is 9.94. The fraction of sp³-hybridized carbons (Fsp3) is 0.207. The topological polar surface area (TPSA) is 109 Å². The number of phenols is 1. The predicted octanol–water partition coefficient (Wildman–Crippen LogP) is 6.00. The van der Waals surface area contributed by atoms with E-state index in [1.807, 2.05) is 6.92 Å². The number of phenolic OH excluding ortho intramolecular Hbond substituents is 1. The average Bonchev–Trinajstić information content (AvgIpc) is 3.57. The minimum absolute atomic E-state index is 0.00416. The number of hydrogen-bond donors (Lipinski definition) is 2. The van der Waals surface area contributed by atoms with Crippen LogP contribution in [0.4, 0.5) is 5.13 Å². The standard InChI is InChI=1S/C29H23ClN2O6S/c1-3-37-22-12-15(4-8-20(22)33)25-24(26(34)16-5-9-21-17(11-16)10-14(2)38-21)27(35)28(36)32(25)29-31-19-7-6-18(30)13-23(19)39-29/h4-9,11-14,25,33-34H,3,10H2,1-2H3/b26-24+. The minimum atomic E-state index is -1.02. The maximum Gasteiger partial charge on any atom is 0.301 e. The molecule has 0 radical (unpaired) electrons. The Kier molecular flexibility index (Phi) is 6.20. The molecule has 2 aliphatic rings. The van der Waals surface area contributed by atoms with Gasteiger partial charge in [0.15, 0.2) is 16.6 Å². The maximum absolute atomic E-state index is 13.6. The lowest BCUT2D eigenvalue weighted by Crippen LogP contribution is -2.29. The molecule has 0 aliphatic carbocycles. The van der Waals surface area contributed by atoms with Crippen molar-refractivity contribution in [2.45, 2.75) is 32.4 Å². The van der Waals surface area contributed by atoms with Gasteiger partial charge in [-0.25, -0.2) is 4.98 Å². The van der Waals surface area contributed by atoms with Crippen molar-refractivity contribution in [3.63, 3.8) is 0 Å². The van der Waals surface area contributed by atoms with E-state index in [1.54, 1.807) is 55.5 Å². The summed E-state index contributed by atoms with van der Waals surface area (Å²) in [6, 6.07) is 14.0. The number of aromatic hydroxyl groups is 1. The van der Waals surface area contributed by atoms with Crippen molar-refractivity contribution in [2.24, 2.45) is 0 Å². The average molecular weight is 563 g/mol. The molecule has 4 aromatic rings. The molecule has 1 fully saturated rings. The van der Waals surface area contributed by atoms with Gasteiger partial charge in [0.1, 0.15) is 17.6 Å². The summed E-state index contributed by atoms with van der Waals surface area (Å²) in [6.07, 6.45) is 0.669. The van der Waals surface area contributed by atoms with Crippen LogP contribution in [0.3, 0.4) is 0 Å². The summed E-state index contributed by atoms with van der Waals surface area (Å²) < 4.78 is 12.1. The SMILES string of the molecule is CCOc1cc(C2/C(=C(\O)c3ccc4c(c3)CC(C)O4)C(=O)C(=O)N2c2nc3ccc(Cl)cc3s2)ccc1O. The number of amides is 1. The van der Waals surface area contributed by atoms with Crippen LogP contribution in [0.15, 0.2) is 60.2 Å². The molecule has 3 aromatic carbocycles. The number of aliphatic hydroxyl groups is 1. The number of aliphatic hydroxyl groups excluding tert-OH is 1. The largest absolute Gasteiger partial charge is 0.507 e. The highest BCUT2D eigenvalue weighted by atomic mass is 35.5. The molecule has 1 saturated heterocycles. The van der Waals surface area contributed by atoms with Crippen molar-refractivity contribution < 1.29 is 29.3 Å². The zero-order chi connectivity index (χ0) is 27.4. The van der Waals surface area contributed by atoms with Gasteiger partial charge < -0.3 is 19.7 Å². The van der Waals surface area contributed by atoms with Gasteiger partial charge in [0.05, 0.1) is 28.4 Å². The highest BCUT2D eigenvalue weighted by molar-refractivity contribution is 7.22. The molecule has 2 aliphatic heterocycles. The zero-order valence-electron chi connectivity index (χ0n) is 21.0. The first kappa shape index (κ1) is 25.2. The van der Waals surface area contributed by atoms with E-state index >= 15 is 0 Å². The van der Waals surface area contributed by atoms with Gasteiger partial charge in [0.25, 0.3) is 5.78 Å². The smallest absolute Gasteiger partial charge is 0.301 e. The first-order valence-corrected chi connectivity index (χ1v) is 13.6. The van der Waals surface area contributed by atoms with Crippen LogP contribution in [0.1, 0.15) is 36.6 Å². The molecule has 8 nitrogen and oxygen atoms in total. The van der Waals surface area contributed by atoms with Crippen LogP contribution in [0.25, 0.3) is 16.0 Å². The molecule has 0 spiro atoms. The first-order chi connectivity index (χ1) is 18.7. The van der Waals surface area contributed by atoms with Crippen molar-refractivity contribution in [2.75, 3.05) is 11.5 Å². The highest BCUT2D eigenvalue weighted by Gasteiger charge is 2.48. The van der Waals surface area contributed by atoms with Gasteiger partial charge in [-0.15, -0.1) is 0 Å². The Bertz CT molecular complexity index is 1700. The van der Waals surface area contributed by atoms with Crippen LogP contribution in [-0.4, -0.2) is 39.6 Å². The molecule has 1 aromatic heterocycles. The van der Waals surface area contributed by atoms with Crippen molar-refractivity contribution in [1.29, 1.82) is 0 Å². The molecule has 10 heteroatoms.